The van der Waals surface area contributed by atoms with Gasteiger partial charge in [0.2, 0.25) is 5.91 Å². The van der Waals surface area contributed by atoms with Gasteiger partial charge in [-0.2, -0.15) is 10.5 Å². The second-order valence-corrected chi connectivity index (χ2v) is 7.50. The first kappa shape index (κ1) is 20.3. The number of aromatic nitrogens is 1. The summed E-state index contributed by atoms with van der Waals surface area (Å²) in [6.07, 6.45) is 0.833. The Morgan fingerprint density at radius 1 is 1.22 bits per heavy atom. The van der Waals surface area contributed by atoms with E-state index in [9.17, 15) is 10.1 Å². The van der Waals surface area contributed by atoms with Crippen LogP contribution in [0.1, 0.15) is 43.0 Å². The summed E-state index contributed by atoms with van der Waals surface area (Å²) in [6.45, 7) is 4.23. The van der Waals surface area contributed by atoms with Crippen LogP contribution in [0.15, 0.2) is 41.4 Å². The summed E-state index contributed by atoms with van der Waals surface area (Å²) < 4.78 is 0. The van der Waals surface area contributed by atoms with Crippen LogP contribution in [-0.2, 0) is 4.79 Å². The molecule has 27 heavy (non-hydrogen) atoms. The number of pyridine rings is 1. The number of nitrogens with zero attached hydrogens (tertiary/aromatic N) is 2. The molecule has 0 aliphatic carbocycles. The first-order chi connectivity index (χ1) is 12.9. The number of benzene rings is 1. The summed E-state index contributed by atoms with van der Waals surface area (Å²) >= 11 is 1.19. The molecule has 7 heteroatoms. The Balaban J connectivity index is 2.08. The standard InChI is InChI=1S/C20H21N5OS/c1-13(2)8-17(14-6-4-3-5-7-14)24-18(26)12-27-20-16(11-22)9-15(10-21)19(23)25-20/h3-7,9,13,17H,8,12H2,1-2H3,(H2,23,25)(H,24,26)/p+1/t17-/m0/s1. The predicted octanol–water partition coefficient (Wildman–Crippen LogP) is 2.82. The van der Waals surface area contributed by atoms with Gasteiger partial charge < -0.3 is 5.32 Å². The van der Waals surface area contributed by atoms with Crippen molar-refractivity contribution >= 4 is 23.5 Å². The van der Waals surface area contributed by atoms with Gasteiger partial charge in [0.05, 0.1) is 11.8 Å². The van der Waals surface area contributed by atoms with Crippen LogP contribution in [0.25, 0.3) is 0 Å². The molecule has 4 N–H and O–H groups in total. The lowest BCUT2D eigenvalue weighted by molar-refractivity contribution is -0.410. The molecule has 1 aromatic heterocycles. The minimum Gasteiger partial charge on any atom is -0.349 e. The van der Waals surface area contributed by atoms with Crippen LogP contribution in [-0.4, -0.2) is 11.7 Å². The smallest absolute Gasteiger partial charge is 0.289 e. The van der Waals surface area contributed by atoms with E-state index in [1.807, 2.05) is 42.5 Å². The quantitative estimate of drug-likeness (QED) is 0.716. The summed E-state index contributed by atoms with van der Waals surface area (Å²) in [7, 11) is 0. The molecule has 138 valence electrons. The molecule has 2 rings (SSSR count). The molecule has 0 saturated carbocycles. The number of thioether (sulfide) groups is 1. The highest BCUT2D eigenvalue weighted by molar-refractivity contribution is 7.99. The van der Waals surface area contributed by atoms with Crippen molar-refractivity contribution < 1.29 is 9.78 Å². The first-order valence-corrected chi connectivity index (χ1v) is 9.56. The predicted molar refractivity (Wildman–Crippen MR) is 104 cm³/mol. The summed E-state index contributed by atoms with van der Waals surface area (Å²) in [4.78, 5) is 15.3. The minimum absolute atomic E-state index is 0.0650. The van der Waals surface area contributed by atoms with Gasteiger partial charge in [0, 0.05) is 0 Å². The summed E-state index contributed by atoms with van der Waals surface area (Å²) in [5.74, 6) is 0.619. The van der Waals surface area contributed by atoms with Gasteiger partial charge in [-0.25, -0.2) is 4.98 Å². The van der Waals surface area contributed by atoms with Crippen LogP contribution in [0.2, 0.25) is 0 Å². The van der Waals surface area contributed by atoms with Crippen molar-refractivity contribution in [1.29, 1.82) is 10.5 Å². The van der Waals surface area contributed by atoms with Crippen molar-refractivity contribution in [2.24, 2.45) is 5.92 Å². The zero-order valence-electron chi connectivity index (χ0n) is 15.3. The Morgan fingerprint density at radius 3 is 2.48 bits per heavy atom. The average molecular weight is 380 g/mol. The van der Waals surface area contributed by atoms with Crippen LogP contribution in [0, 0.1) is 28.6 Å². The number of hydrogen-bond acceptors (Lipinski definition) is 5. The Bertz CT molecular complexity index is 884. The van der Waals surface area contributed by atoms with E-state index < -0.39 is 0 Å². The normalized spacial score (nSPS) is 11.4. The van der Waals surface area contributed by atoms with Gasteiger partial charge in [-0.3, -0.25) is 10.5 Å². The number of H-pyrrole nitrogens is 1. The number of hydrogen-bond donors (Lipinski definition) is 2. The highest BCUT2D eigenvalue weighted by Crippen LogP contribution is 2.23. The summed E-state index contributed by atoms with van der Waals surface area (Å²) in [5.41, 5.74) is 7.34. The van der Waals surface area contributed by atoms with E-state index in [-0.39, 0.29) is 29.1 Å². The van der Waals surface area contributed by atoms with Gasteiger partial charge in [0.15, 0.2) is 5.03 Å². The molecule has 0 bridgehead atoms. The molecular formula is C20H22N5OS+. The Kier molecular flexibility index (Phi) is 7.22. The molecule has 2 aromatic rings. The fourth-order valence-electron chi connectivity index (χ4n) is 2.64. The van der Waals surface area contributed by atoms with Gasteiger partial charge >= 0.3 is 0 Å². The van der Waals surface area contributed by atoms with Crippen molar-refractivity contribution in [3.05, 3.63) is 53.1 Å². The monoisotopic (exact) mass is 380 g/mol. The number of carbonyl (C=O) groups excluding carboxylic acids is 1. The minimum atomic E-state index is -0.130. The highest BCUT2D eigenvalue weighted by Gasteiger charge is 2.19. The van der Waals surface area contributed by atoms with Crippen LogP contribution >= 0.6 is 11.8 Å². The number of rotatable bonds is 7. The van der Waals surface area contributed by atoms with Crippen LogP contribution < -0.4 is 16.0 Å². The van der Waals surface area contributed by atoms with Crippen molar-refractivity contribution in [2.75, 3.05) is 11.5 Å². The van der Waals surface area contributed by atoms with E-state index >= 15 is 0 Å². The molecule has 0 aliphatic rings. The Labute approximate surface area is 163 Å². The Hall–Kier alpha value is -3.03. The van der Waals surface area contributed by atoms with E-state index in [0.29, 0.717) is 16.5 Å². The number of aromatic amines is 1. The van der Waals surface area contributed by atoms with E-state index in [2.05, 4.69) is 24.1 Å². The SMILES string of the molecule is CC(C)C[C@H](NC(=O)CSc1[nH+]c(N)c(C#N)cc1C#N)c1ccccc1. The van der Waals surface area contributed by atoms with Gasteiger partial charge in [0.25, 0.3) is 5.82 Å². The van der Waals surface area contributed by atoms with E-state index in [0.717, 1.165) is 12.0 Å². The van der Waals surface area contributed by atoms with Crippen molar-refractivity contribution in [3.8, 4) is 12.1 Å². The lowest BCUT2D eigenvalue weighted by Crippen LogP contribution is -2.31. The van der Waals surface area contributed by atoms with Crippen molar-refractivity contribution in [1.82, 2.24) is 5.32 Å². The van der Waals surface area contributed by atoms with Gasteiger partial charge in [-0.1, -0.05) is 55.9 Å². The molecule has 0 aliphatic heterocycles. The van der Waals surface area contributed by atoms with E-state index in [1.54, 1.807) is 0 Å². The summed E-state index contributed by atoms with van der Waals surface area (Å²) in [5, 5.41) is 21.8. The molecule has 1 heterocycles. The topological polar surface area (TPSA) is 117 Å². The zero-order valence-corrected chi connectivity index (χ0v) is 16.1. The van der Waals surface area contributed by atoms with Gasteiger partial charge in [-0.15, -0.1) is 0 Å². The van der Waals surface area contributed by atoms with Gasteiger partial charge in [-0.05, 0) is 24.0 Å². The largest absolute Gasteiger partial charge is 0.349 e. The van der Waals surface area contributed by atoms with Crippen LogP contribution in [0.5, 0.6) is 0 Å². The number of nitrogens with two attached hydrogens (primary N) is 1. The molecule has 0 fully saturated rings. The maximum absolute atomic E-state index is 12.5. The lowest BCUT2D eigenvalue weighted by Gasteiger charge is -2.21. The van der Waals surface area contributed by atoms with E-state index in [4.69, 9.17) is 11.0 Å². The third-order valence-electron chi connectivity index (χ3n) is 3.90. The highest BCUT2D eigenvalue weighted by atomic mass is 32.2. The zero-order chi connectivity index (χ0) is 19.8. The van der Waals surface area contributed by atoms with Crippen molar-refractivity contribution in [3.63, 3.8) is 0 Å². The molecule has 1 atom stereocenters. The molecule has 0 spiro atoms. The maximum Gasteiger partial charge on any atom is 0.289 e. The molecule has 0 unspecified atom stereocenters. The molecule has 1 aromatic carbocycles. The summed E-state index contributed by atoms with van der Waals surface area (Å²) in [6, 6.07) is 15.2. The van der Waals surface area contributed by atoms with Crippen molar-refractivity contribution in [2.45, 2.75) is 31.3 Å². The van der Waals surface area contributed by atoms with Gasteiger partial charge in [0.1, 0.15) is 23.3 Å². The average Bonchev–Trinajstić information content (AvgIpc) is 2.66. The maximum atomic E-state index is 12.5. The fourth-order valence-corrected chi connectivity index (χ4v) is 3.44. The fraction of sp³-hybridized carbons (Fsp3) is 0.300. The lowest BCUT2D eigenvalue weighted by atomic mass is 9.97. The molecule has 6 nitrogen and oxygen atoms in total. The molecule has 1 amide bonds. The van der Waals surface area contributed by atoms with E-state index in [1.165, 1.54) is 17.8 Å². The second-order valence-electron chi connectivity index (χ2n) is 6.51. The molecule has 0 radical (unpaired) electrons. The van der Waals surface area contributed by atoms with Crippen LogP contribution in [0.4, 0.5) is 5.82 Å². The number of amides is 1. The number of nitriles is 2. The van der Waals surface area contributed by atoms with Crippen LogP contribution in [0.3, 0.4) is 0 Å². The third-order valence-corrected chi connectivity index (χ3v) is 4.92. The first-order valence-electron chi connectivity index (χ1n) is 8.57. The Morgan fingerprint density at radius 2 is 1.89 bits per heavy atom. The molecule has 0 saturated heterocycles. The third kappa shape index (κ3) is 5.73. The number of anilines is 1. The number of carbonyl (C=O) groups is 1. The molecular weight excluding hydrogens is 358 g/mol. The number of nitrogens with one attached hydrogen (secondary N) is 2. The number of nitrogen functional groups attached to an aromatic ring is 1. The second kappa shape index (κ2) is 9.61.